The molecule has 2 N–H and O–H groups in total. The monoisotopic (exact) mass is 238 g/mol. The first-order chi connectivity index (χ1) is 7.44. The summed E-state index contributed by atoms with van der Waals surface area (Å²) in [6.07, 6.45) is 0. The Hall–Kier alpha value is -1.35. The molecular formula is C11H11O4P. The van der Waals surface area contributed by atoms with Crippen LogP contribution in [0.5, 0.6) is 5.75 Å². The van der Waals surface area contributed by atoms with E-state index in [-0.39, 0.29) is 5.75 Å². The lowest BCUT2D eigenvalue weighted by molar-refractivity contribution is 0.283. The van der Waals surface area contributed by atoms with Gasteiger partial charge in [-0.25, -0.2) is 4.57 Å². The first kappa shape index (κ1) is 11.1. The Kier molecular flexibility index (Phi) is 2.72. The van der Waals surface area contributed by atoms with Gasteiger partial charge in [0.25, 0.3) is 0 Å². The molecule has 0 saturated heterocycles. The molecule has 2 aromatic carbocycles. The fourth-order valence-electron chi connectivity index (χ4n) is 1.54. The molecular weight excluding hydrogens is 227 g/mol. The van der Waals surface area contributed by atoms with Crippen LogP contribution in [0.4, 0.5) is 0 Å². The van der Waals surface area contributed by atoms with Crippen molar-refractivity contribution in [3.8, 4) is 5.75 Å². The Morgan fingerprint density at radius 2 is 1.75 bits per heavy atom. The van der Waals surface area contributed by atoms with E-state index in [1.807, 2.05) is 25.1 Å². The molecule has 2 aromatic rings. The van der Waals surface area contributed by atoms with E-state index < -0.39 is 7.82 Å². The molecule has 16 heavy (non-hydrogen) atoms. The topological polar surface area (TPSA) is 66.8 Å². The molecule has 0 bridgehead atoms. The van der Waals surface area contributed by atoms with Crippen LogP contribution in [0, 0.1) is 6.92 Å². The van der Waals surface area contributed by atoms with Crippen molar-refractivity contribution in [3.05, 3.63) is 42.0 Å². The number of phosphoric ester groups is 1. The van der Waals surface area contributed by atoms with E-state index in [2.05, 4.69) is 4.52 Å². The fourth-order valence-corrected chi connectivity index (χ4v) is 1.93. The molecule has 0 amide bonds. The molecule has 84 valence electrons. The molecule has 0 aliphatic rings. The number of hydrogen-bond donors (Lipinski definition) is 2. The number of fused-ring (bicyclic) bond motifs is 1. The highest BCUT2D eigenvalue weighted by Crippen LogP contribution is 2.38. The number of benzene rings is 2. The lowest BCUT2D eigenvalue weighted by Crippen LogP contribution is -1.89. The van der Waals surface area contributed by atoms with Gasteiger partial charge in [0.2, 0.25) is 0 Å². The lowest BCUT2D eigenvalue weighted by atomic mass is 10.1. The van der Waals surface area contributed by atoms with E-state index in [4.69, 9.17) is 9.79 Å². The van der Waals surface area contributed by atoms with Crippen molar-refractivity contribution in [1.29, 1.82) is 0 Å². The van der Waals surface area contributed by atoms with E-state index in [0.717, 1.165) is 16.3 Å². The predicted molar refractivity (Wildman–Crippen MR) is 61.4 cm³/mol. The second kappa shape index (κ2) is 3.91. The van der Waals surface area contributed by atoms with Crippen LogP contribution < -0.4 is 4.52 Å². The predicted octanol–water partition coefficient (Wildman–Crippen LogP) is 2.62. The molecule has 2 rings (SSSR count). The van der Waals surface area contributed by atoms with Crippen LogP contribution in [0.1, 0.15) is 5.56 Å². The summed E-state index contributed by atoms with van der Waals surface area (Å²) in [5, 5.41) is 1.90. The summed E-state index contributed by atoms with van der Waals surface area (Å²) in [7, 11) is -4.48. The number of phosphoric acid groups is 1. The highest BCUT2D eigenvalue weighted by molar-refractivity contribution is 7.46. The van der Waals surface area contributed by atoms with Gasteiger partial charge < -0.3 is 4.52 Å². The molecule has 0 fully saturated rings. The number of hydrogen-bond acceptors (Lipinski definition) is 2. The molecule has 0 saturated carbocycles. The summed E-state index contributed by atoms with van der Waals surface area (Å²) in [6, 6.07) is 10.8. The average molecular weight is 238 g/mol. The Labute approximate surface area is 92.7 Å². The van der Waals surface area contributed by atoms with Gasteiger partial charge in [-0.05, 0) is 29.8 Å². The van der Waals surface area contributed by atoms with Crippen LogP contribution in [0.25, 0.3) is 10.8 Å². The summed E-state index contributed by atoms with van der Waals surface area (Å²) in [5.74, 6) is 0.173. The van der Waals surface area contributed by atoms with E-state index in [1.54, 1.807) is 12.1 Å². The van der Waals surface area contributed by atoms with Crippen molar-refractivity contribution in [1.82, 2.24) is 0 Å². The third kappa shape index (κ3) is 2.61. The maximum Gasteiger partial charge on any atom is 0.524 e. The van der Waals surface area contributed by atoms with Gasteiger partial charge in [0.15, 0.2) is 0 Å². The lowest BCUT2D eigenvalue weighted by Gasteiger charge is -2.07. The van der Waals surface area contributed by atoms with Crippen molar-refractivity contribution < 1.29 is 18.9 Å². The van der Waals surface area contributed by atoms with Crippen LogP contribution >= 0.6 is 7.82 Å². The number of aryl methyl sites for hydroxylation is 1. The first-order valence-corrected chi connectivity index (χ1v) is 6.23. The van der Waals surface area contributed by atoms with Gasteiger partial charge in [0.1, 0.15) is 5.75 Å². The first-order valence-electron chi connectivity index (χ1n) is 4.70. The summed E-state index contributed by atoms with van der Waals surface area (Å²) in [6.45, 7) is 1.95. The highest BCUT2D eigenvalue weighted by Gasteiger charge is 2.15. The van der Waals surface area contributed by atoms with Crippen molar-refractivity contribution in [2.24, 2.45) is 0 Å². The van der Waals surface area contributed by atoms with E-state index in [9.17, 15) is 4.57 Å². The van der Waals surface area contributed by atoms with E-state index in [1.165, 1.54) is 6.07 Å². The maximum atomic E-state index is 10.7. The number of rotatable bonds is 2. The molecule has 0 spiro atoms. The van der Waals surface area contributed by atoms with Crippen molar-refractivity contribution in [2.45, 2.75) is 6.92 Å². The quantitative estimate of drug-likeness (QED) is 0.789. The van der Waals surface area contributed by atoms with Crippen LogP contribution in [-0.2, 0) is 4.57 Å². The average Bonchev–Trinajstić information content (AvgIpc) is 2.14. The molecule has 0 aromatic heterocycles. The largest absolute Gasteiger partial charge is 0.524 e. The van der Waals surface area contributed by atoms with E-state index in [0.29, 0.717) is 0 Å². The molecule has 4 nitrogen and oxygen atoms in total. The van der Waals surface area contributed by atoms with Crippen LogP contribution in [0.3, 0.4) is 0 Å². The van der Waals surface area contributed by atoms with Gasteiger partial charge >= 0.3 is 7.82 Å². The van der Waals surface area contributed by atoms with Crippen LogP contribution in [0.15, 0.2) is 36.4 Å². The van der Waals surface area contributed by atoms with E-state index >= 15 is 0 Å². The molecule has 0 aliphatic carbocycles. The van der Waals surface area contributed by atoms with Crippen molar-refractivity contribution in [3.63, 3.8) is 0 Å². The van der Waals surface area contributed by atoms with Gasteiger partial charge in [-0.15, -0.1) is 0 Å². The zero-order valence-electron chi connectivity index (χ0n) is 8.62. The van der Waals surface area contributed by atoms with Gasteiger partial charge in [0.05, 0.1) is 0 Å². The molecule has 0 aliphatic heterocycles. The SMILES string of the molecule is Cc1ccc2ccc(OP(=O)(O)O)cc2c1. The molecule has 0 atom stereocenters. The maximum absolute atomic E-state index is 10.7. The second-order valence-corrected chi connectivity index (χ2v) is 4.76. The zero-order chi connectivity index (χ0) is 11.8. The van der Waals surface area contributed by atoms with Crippen LogP contribution in [0.2, 0.25) is 0 Å². The van der Waals surface area contributed by atoms with Gasteiger partial charge in [0, 0.05) is 0 Å². The van der Waals surface area contributed by atoms with Crippen LogP contribution in [-0.4, -0.2) is 9.79 Å². The smallest absolute Gasteiger partial charge is 0.404 e. The third-order valence-electron chi connectivity index (χ3n) is 2.19. The molecule has 0 unspecified atom stereocenters. The minimum Gasteiger partial charge on any atom is -0.404 e. The highest BCUT2D eigenvalue weighted by atomic mass is 31.2. The minimum absolute atomic E-state index is 0.173. The van der Waals surface area contributed by atoms with Crippen molar-refractivity contribution >= 4 is 18.6 Å². The molecule has 0 heterocycles. The second-order valence-electron chi connectivity index (χ2n) is 3.59. The third-order valence-corrected chi connectivity index (χ3v) is 2.64. The minimum atomic E-state index is -4.48. The Morgan fingerprint density at radius 3 is 2.44 bits per heavy atom. The van der Waals surface area contributed by atoms with Crippen molar-refractivity contribution in [2.75, 3.05) is 0 Å². The Balaban J connectivity index is 2.47. The van der Waals surface area contributed by atoms with Gasteiger partial charge in [-0.1, -0.05) is 29.8 Å². The fraction of sp³-hybridized carbons (Fsp3) is 0.0909. The van der Waals surface area contributed by atoms with Gasteiger partial charge in [-0.3, -0.25) is 9.79 Å². The summed E-state index contributed by atoms with van der Waals surface area (Å²) in [5.41, 5.74) is 1.08. The Bertz CT molecular complexity index is 573. The summed E-state index contributed by atoms with van der Waals surface area (Å²) in [4.78, 5) is 17.4. The normalized spacial score (nSPS) is 11.7. The molecule has 5 heteroatoms. The van der Waals surface area contributed by atoms with Gasteiger partial charge in [-0.2, -0.15) is 0 Å². The summed E-state index contributed by atoms with van der Waals surface area (Å²) >= 11 is 0. The Morgan fingerprint density at radius 1 is 1.06 bits per heavy atom. The molecule has 0 radical (unpaired) electrons. The zero-order valence-corrected chi connectivity index (χ0v) is 9.52. The standard InChI is InChI=1S/C11H11O4P/c1-8-2-3-9-4-5-11(7-10(9)6-8)15-16(12,13)14/h2-7H,1H3,(H2,12,13,14). The summed E-state index contributed by atoms with van der Waals surface area (Å²) < 4.78 is 15.2.